The molecule has 3 rings (SSSR count). The predicted molar refractivity (Wildman–Crippen MR) is 90.7 cm³/mol. The smallest absolute Gasteiger partial charge is 0.269 e. The van der Waals surface area contributed by atoms with Gasteiger partial charge in [0, 0.05) is 36.8 Å². The molecule has 0 radical (unpaired) electrons. The van der Waals surface area contributed by atoms with E-state index in [9.17, 15) is 14.4 Å². The van der Waals surface area contributed by atoms with Gasteiger partial charge in [0.15, 0.2) is 6.29 Å². The van der Waals surface area contributed by atoms with Crippen molar-refractivity contribution in [3.63, 3.8) is 0 Å². The van der Waals surface area contributed by atoms with Crippen molar-refractivity contribution < 1.29 is 18.9 Å². The second kappa shape index (κ2) is 7.34. The molecule has 0 saturated heterocycles. The Hall–Kier alpha value is -3.88. The van der Waals surface area contributed by atoms with E-state index in [-0.39, 0.29) is 22.7 Å². The minimum absolute atomic E-state index is 0.0879. The number of hydrogen-bond donors (Lipinski definition) is 2. The van der Waals surface area contributed by atoms with Crippen molar-refractivity contribution in [3.8, 4) is 11.3 Å². The highest BCUT2D eigenvalue weighted by atomic mass is 16.5. The quantitative estimate of drug-likeness (QED) is 0.668. The lowest BCUT2D eigenvalue weighted by atomic mass is 10.1. The molecule has 9 nitrogen and oxygen atoms in total. The van der Waals surface area contributed by atoms with Crippen LogP contribution in [0.25, 0.3) is 11.3 Å². The van der Waals surface area contributed by atoms with E-state index in [1.165, 1.54) is 25.4 Å². The summed E-state index contributed by atoms with van der Waals surface area (Å²) in [6, 6.07) is 6.08. The number of carbonyl (C=O) groups is 3. The van der Waals surface area contributed by atoms with Gasteiger partial charge in [0.25, 0.3) is 11.8 Å². The number of rotatable bonds is 5. The molecule has 0 aliphatic rings. The van der Waals surface area contributed by atoms with E-state index >= 15 is 0 Å². The average molecular weight is 351 g/mol. The summed E-state index contributed by atoms with van der Waals surface area (Å²) in [5.41, 5.74) is 1.28. The molecule has 2 amide bonds. The number of anilines is 1. The molecule has 0 fully saturated rings. The summed E-state index contributed by atoms with van der Waals surface area (Å²) >= 11 is 0. The van der Waals surface area contributed by atoms with Gasteiger partial charge in [-0.25, -0.2) is 0 Å². The van der Waals surface area contributed by atoms with E-state index in [0.717, 1.165) is 0 Å². The maximum Gasteiger partial charge on any atom is 0.269 e. The molecule has 0 unspecified atom stereocenters. The van der Waals surface area contributed by atoms with Crippen LogP contribution in [0.5, 0.6) is 0 Å². The molecule has 3 heterocycles. The molecule has 3 aromatic heterocycles. The van der Waals surface area contributed by atoms with Gasteiger partial charge in [-0.05, 0) is 24.3 Å². The predicted octanol–water partition coefficient (Wildman–Crippen LogP) is 1.56. The zero-order valence-corrected chi connectivity index (χ0v) is 13.6. The van der Waals surface area contributed by atoms with Gasteiger partial charge in [0.05, 0.1) is 0 Å². The van der Waals surface area contributed by atoms with E-state index < -0.39 is 11.8 Å². The van der Waals surface area contributed by atoms with Crippen LogP contribution in [-0.4, -0.2) is 40.3 Å². The maximum absolute atomic E-state index is 12.4. The molecule has 0 bridgehead atoms. The highest BCUT2D eigenvalue weighted by Crippen LogP contribution is 2.27. The third-order valence-corrected chi connectivity index (χ3v) is 3.51. The lowest BCUT2D eigenvalue weighted by molar-refractivity contribution is 0.0958. The van der Waals surface area contributed by atoms with Crippen molar-refractivity contribution in [1.29, 1.82) is 0 Å². The minimum atomic E-state index is -0.571. The third-order valence-electron chi connectivity index (χ3n) is 3.51. The normalized spacial score (nSPS) is 10.2. The fourth-order valence-corrected chi connectivity index (χ4v) is 2.21. The molecule has 2 N–H and O–H groups in total. The van der Waals surface area contributed by atoms with Crippen LogP contribution in [0.2, 0.25) is 0 Å². The number of hydrogen-bond acceptors (Lipinski definition) is 7. The summed E-state index contributed by atoms with van der Waals surface area (Å²) < 4.78 is 5.10. The summed E-state index contributed by atoms with van der Waals surface area (Å²) in [6.07, 6.45) is 4.98. The first-order chi connectivity index (χ1) is 12.6. The van der Waals surface area contributed by atoms with Gasteiger partial charge in [-0.3, -0.25) is 29.7 Å². The Bertz CT molecular complexity index is 968. The third kappa shape index (κ3) is 3.31. The topological polar surface area (TPSA) is 127 Å². The van der Waals surface area contributed by atoms with Gasteiger partial charge in [0.2, 0.25) is 5.88 Å². The molecule has 26 heavy (non-hydrogen) atoms. The summed E-state index contributed by atoms with van der Waals surface area (Å²) in [4.78, 5) is 43.3. The molecule has 0 aliphatic carbocycles. The Balaban J connectivity index is 1.88. The van der Waals surface area contributed by atoms with Crippen LogP contribution in [0.4, 0.5) is 5.88 Å². The van der Waals surface area contributed by atoms with Crippen molar-refractivity contribution >= 4 is 24.0 Å². The number of aromatic nitrogens is 3. The van der Waals surface area contributed by atoms with Crippen LogP contribution in [0.15, 0.2) is 47.4 Å². The monoisotopic (exact) mass is 351 g/mol. The minimum Gasteiger partial charge on any atom is -0.354 e. The number of carbonyl (C=O) groups excluding carboxylic acids is 3. The van der Waals surface area contributed by atoms with E-state index in [4.69, 9.17) is 4.52 Å². The second-order valence-electron chi connectivity index (χ2n) is 5.09. The zero-order valence-electron chi connectivity index (χ0n) is 13.6. The van der Waals surface area contributed by atoms with Gasteiger partial charge < -0.3 is 9.84 Å². The van der Waals surface area contributed by atoms with Crippen LogP contribution < -0.4 is 10.6 Å². The molecule has 0 aromatic carbocycles. The molecule has 0 saturated carbocycles. The number of nitrogens with zero attached hydrogens (tertiary/aromatic N) is 3. The Labute approximate surface area is 147 Å². The Morgan fingerprint density at radius 2 is 1.88 bits per heavy atom. The van der Waals surface area contributed by atoms with Gasteiger partial charge in [-0.1, -0.05) is 5.16 Å². The standard InChI is InChI=1S/C17H13N5O4/c1-18-16(25)13-8-11(4-7-20-13)15(24)21-17-12(9-23)14(22-26-17)10-2-5-19-6-3-10/h2-9H,1H3,(H,18,25)(H,21,24). The van der Waals surface area contributed by atoms with Gasteiger partial charge in [-0.15, -0.1) is 0 Å². The number of amides is 2. The first-order valence-electron chi connectivity index (χ1n) is 7.48. The molecule has 0 spiro atoms. The number of pyridine rings is 2. The molecular formula is C17H13N5O4. The highest BCUT2D eigenvalue weighted by Gasteiger charge is 2.20. The molecule has 9 heteroatoms. The average Bonchev–Trinajstić information content (AvgIpc) is 3.10. The van der Waals surface area contributed by atoms with E-state index in [1.54, 1.807) is 24.5 Å². The molecular weight excluding hydrogens is 338 g/mol. The maximum atomic E-state index is 12.4. The van der Waals surface area contributed by atoms with Gasteiger partial charge >= 0.3 is 0 Å². The Morgan fingerprint density at radius 1 is 1.12 bits per heavy atom. The fraction of sp³-hybridized carbons (Fsp3) is 0.0588. The van der Waals surface area contributed by atoms with Crippen molar-refractivity contribution in [2.45, 2.75) is 0 Å². The highest BCUT2D eigenvalue weighted by molar-refractivity contribution is 6.07. The van der Waals surface area contributed by atoms with Gasteiger partial charge in [0.1, 0.15) is 17.0 Å². The molecule has 130 valence electrons. The molecule has 0 atom stereocenters. The SMILES string of the molecule is CNC(=O)c1cc(C(=O)Nc2onc(-c3ccncc3)c2C=O)ccn1. The number of nitrogens with one attached hydrogen (secondary N) is 2. The largest absolute Gasteiger partial charge is 0.354 e. The lowest BCUT2D eigenvalue weighted by Crippen LogP contribution is -2.20. The lowest BCUT2D eigenvalue weighted by Gasteiger charge is -2.04. The zero-order chi connectivity index (χ0) is 18.5. The molecule has 0 aliphatic heterocycles. The summed E-state index contributed by atoms with van der Waals surface area (Å²) in [7, 11) is 1.46. The van der Waals surface area contributed by atoms with E-state index in [1.807, 2.05) is 0 Å². The van der Waals surface area contributed by atoms with Crippen molar-refractivity contribution in [3.05, 3.63) is 59.7 Å². The van der Waals surface area contributed by atoms with Crippen molar-refractivity contribution in [1.82, 2.24) is 20.4 Å². The van der Waals surface area contributed by atoms with Crippen molar-refractivity contribution in [2.24, 2.45) is 0 Å². The molecule has 3 aromatic rings. The van der Waals surface area contributed by atoms with Gasteiger partial charge in [-0.2, -0.15) is 0 Å². The van der Waals surface area contributed by atoms with E-state index in [0.29, 0.717) is 17.5 Å². The summed E-state index contributed by atoms with van der Waals surface area (Å²) in [5.74, 6) is -1.08. The van der Waals surface area contributed by atoms with Crippen LogP contribution in [0.1, 0.15) is 31.2 Å². The Kier molecular flexibility index (Phi) is 4.79. The number of aldehydes is 1. The first kappa shape index (κ1) is 17.0. The summed E-state index contributed by atoms with van der Waals surface area (Å²) in [5, 5.41) is 8.74. The van der Waals surface area contributed by atoms with Crippen LogP contribution in [-0.2, 0) is 0 Å². The van der Waals surface area contributed by atoms with E-state index in [2.05, 4.69) is 25.8 Å². The van der Waals surface area contributed by atoms with Crippen molar-refractivity contribution in [2.75, 3.05) is 12.4 Å². The Morgan fingerprint density at radius 3 is 2.58 bits per heavy atom. The van der Waals surface area contributed by atoms with Crippen LogP contribution in [0.3, 0.4) is 0 Å². The fourth-order valence-electron chi connectivity index (χ4n) is 2.21. The first-order valence-corrected chi connectivity index (χ1v) is 7.48. The van der Waals surface area contributed by atoms with Crippen LogP contribution >= 0.6 is 0 Å². The summed E-state index contributed by atoms with van der Waals surface area (Å²) in [6.45, 7) is 0. The van der Waals surface area contributed by atoms with Crippen LogP contribution in [0, 0.1) is 0 Å². The second-order valence-corrected chi connectivity index (χ2v) is 5.09.